The van der Waals surface area contributed by atoms with E-state index in [0.717, 1.165) is 11.2 Å². The van der Waals surface area contributed by atoms with Crippen LogP contribution in [-0.2, 0) is 7.05 Å². The molecule has 0 aliphatic carbocycles. The van der Waals surface area contributed by atoms with Crippen LogP contribution in [0.4, 0.5) is 0 Å². The third kappa shape index (κ3) is 1.30. The van der Waals surface area contributed by atoms with Crippen LogP contribution in [0, 0.1) is 6.92 Å². The SMILES string of the molecule is CCOc1nc(C)nc2c1ncn2C. The summed E-state index contributed by atoms with van der Waals surface area (Å²) >= 11 is 0. The molecule has 0 spiro atoms. The van der Waals surface area contributed by atoms with Crippen LogP contribution in [0.2, 0.25) is 0 Å². The Hall–Kier alpha value is -1.65. The molecule has 0 saturated carbocycles. The molecular formula is C9H12N4O. The molecule has 0 aliphatic heterocycles. The number of aromatic nitrogens is 4. The molecule has 0 bridgehead atoms. The Kier molecular flexibility index (Phi) is 2.07. The number of imidazole rings is 1. The zero-order chi connectivity index (χ0) is 10.1. The number of ether oxygens (including phenoxy) is 1. The molecule has 5 nitrogen and oxygen atoms in total. The summed E-state index contributed by atoms with van der Waals surface area (Å²) in [5.74, 6) is 1.26. The topological polar surface area (TPSA) is 52.8 Å². The van der Waals surface area contributed by atoms with Gasteiger partial charge in [-0.3, -0.25) is 0 Å². The van der Waals surface area contributed by atoms with Gasteiger partial charge in [-0.1, -0.05) is 0 Å². The average Bonchev–Trinajstić information content (AvgIpc) is 2.49. The Morgan fingerprint density at radius 1 is 1.43 bits per heavy atom. The van der Waals surface area contributed by atoms with Gasteiger partial charge in [0.05, 0.1) is 12.9 Å². The van der Waals surface area contributed by atoms with Gasteiger partial charge in [0.2, 0.25) is 5.88 Å². The molecular weight excluding hydrogens is 180 g/mol. The van der Waals surface area contributed by atoms with Crippen molar-refractivity contribution < 1.29 is 4.74 Å². The van der Waals surface area contributed by atoms with Crippen LogP contribution in [0.15, 0.2) is 6.33 Å². The van der Waals surface area contributed by atoms with Crippen molar-refractivity contribution in [3.8, 4) is 5.88 Å². The lowest BCUT2D eigenvalue weighted by atomic mass is 10.5. The highest BCUT2D eigenvalue weighted by molar-refractivity contribution is 5.76. The van der Waals surface area contributed by atoms with E-state index in [1.54, 1.807) is 6.33 Å². The van der Waals surface area contributed by atoms with Gasteiger partial charge in [-0.05, 0) is 13.8 Å². The predicted molar refractivity (Wildman–Crippen MR) is 52.2 cm³/mol. The third-order valence-electron chi connectivity index (χ3n) is 1.92. The van der Waals surface area contributed by atoms with Crippen molar-refractivity contribution in [3.05, 3.63) is 12.2 Å². The molecule has 74 valence electrons. The highest BCUT2D eigenvalue weighted by Crippen LogP contribution is 2.19. The summed E-state index contributed by atoms with van der Waals surface area (Å²) in [7, 11) is 1.90. The molecule has 0 aromatic carbocycles. The standard InChI is InChI=1S/C9H12N4O/c1-4-14-9-7-8(11-6(2)12-9)13(3)5-10-7/h5H,4H2,1-3H3. The number of hydrogen-bond acceptors (Lipinski definition) is 4. The fourth-order valence-corrected chi connectivity index (χ4v) is 1.32. The van der Waals surface area contributed by atoms with Gasteiger partial charge in [-0.15, -0.1) is 0 Å². The molecule has 2 aromatic rings. The van der Waals surface area contributed by atoms with E-state index in [4.69, 9.17) is 4.74 Å². The summed E-state index contributed by atoms with van der Waals surface area (Å²) in [6, 6.07) is 0. The molecule has 2 aromatic heterocycles. The lowest BCUT2D eigenvalue weighted by Crippen LogP contribution is -2.00. The number of nitrogens with zero attached hydrogens (tertiary/aromatic N) is 4. The Labute approximate surface area is 81.8 Å². The molecule has 0 radical (unpaired) electrons. The Balaban J connectivity index is 2.68. The van der Waals surface area contributed by atoms with Crippen LogP contribution >= 0.6 is 0 Å². The number of fused-ring (bicyclic) bond motifs is 1. The minimum atomic E-state index is 0.565. The maximum absolute atomic E-state index is 5.39. The maximum atomic E-state index is 5.39. The van der Waals surface area contributed by atoms with Crippen LogP contribution in [0.1, 0.15) is 12.7 Å². The first-order valence-corrected chi connectivity index (χ1v) is 4.51. The molecule has 0 unspecified atom stereocenters. The highest BCUT2D eigenvalue weighted by atomic mass is 16.5. The van der Waals surface area contributed by atoms with Crippen LogP contribution in [0.25, 0.3) is 11.2 Å². The second-order valence-corrected chi connectivity index (χ2v) is 3.04. The highest BCUT2D eigenvalue weighted by Gasteiger charge is 2.10. The molecule has 2 heterocycles. The minimum absolute atomic E-state index is 0.565. The number of aryl methyl sites for hydroxylation is 2. The normalized spacial score (nSPS) is 10.8. The van der Waals surface area contributed by atoms with Crippen molar-refractivity contribution in [1.29, 1.82) is 0 Å². The molecule has 0 saturated heterocycles. The zero-order valence-electron chi connectivity index (χ0n) is 8.48. The van der Waals surface area contributed by atoms with Crippen LogP contribution in [0.5, 0.6) is 5.88 Å². The fourth-order valence-electron chi connectivity index (χ4n) is 1.32. The number of rotatable bonds is 2. The summed E-state index contributed by atoms with van der Waals surface area (Å²) in [6.45, 7) is 4.35. The maximum Gasteiger partial charge on any atom is 0.245 e. The first-order valence-electron chi connectivity index (χ1n) is 4.51. The van der Waals surface area contributed by atoms with Crippen LogP contribution in [-0.4, -0.2) is 26.1 Å². The summed E-state index contributed by atoms with van der Waals surface area (Å²) in [5, 5.41) is 0. The van der Waals surface area contributed by atoms with Crippen molar-refractivity contribution in [2.45, 2.75) is 13.8 Å². The van der Waals surface area contributed by atoms with Crippen LogP contribution in [0.3, 0.4) is 0 Å². The van der Waals surface area contributed by atoms with E-state index < -0.39 is 0 Å². The first kappa shape index (κ1) is 8.93. The van der Waals surface area contributed by atoms with Gasteiger partial charge in [0.15, 0.2) is 11.2 Å². The van der Waals surface area contributed by atoms with Gasteiger partial charge in [0.25, 0.3) is 0 Å². The van der Waals surface area contributed by atoms with Crippen molar-refractivity contribution in [2.24, 2.45) is 7.05 Å². The second kappa shape index (κ2) is 3.25. The Morgan fingerprint density at radius 3 is 2.93 bits per heavy atom. The largest absolute Gasteiger partial charge is 0.476 e. The lowest BCUT2D eigenvalue weighted by molar-refractivity contribution is 0.329. The fraction of sp³-hybridized carbons (Fsp3) is 0.444. The second-order valence-electron chi connectivity index (χ2n) is 3.04. The molecule has 0 atom stereocenters. The summed E-state index contributed by atoms with van der Waals surface area (Å²) in [6.07, 6.45) is 1.71. The molecule has 0 fully saturated rings. The van der Waals surface area contributed by atoms with Gasteiger partial charge in [-0.25, -0.2) is 9.97 Å². The molecule has 0 N–H and O–H groups in total. The van der Waals surface area contributed by atoms with Crippen molar-refractivity contribution >= 4 is 11.2 Å². The van der Waals surface area contributed by atoms with E-state index in [0.29, 0.717) is 18.3 Å². The molecule has 5 heteroatoms. The van der Waals surface area contributed by atoms with Crippen molar-refractivity contribution in [3.63, 3.8) is 0 Å². The average molecular weight is 192 g/mol. The summed E-state index contributed by atoms with van der Waals surface area (Å²) in [5.41, 5.74) is 1.53. The van der Waals surface area contributed by atoms with Crippen molar-refractivity contribution in [2.75, 3.05) is 6.61 Å². The van der Waals surface area contributed by atoms with Gasteiger partial charge >= 0.3 is 0 Å². The van der Waals surface area contributed by atoms with E-state index in [1.165, 1.54) is 0 Å². The smallest absolute Gasteiger partial charge is 0.245 e. The molecule has 2 rings (SSSR count). The van der Waals surface area contributed by atoms with E-state index in [2.05, 4.69) is 15.0 Å². The van der Waals surface area contributed by atoms with Gasteiger partial charge < -0.3 is 9.30 Å². The van der Waals surface area contributed by atoms with Crippen LogP contribution < -0.4 is 4.74 Å². The van der Waals surface area contributed by atoms with E-state index >= 15 is 0 Å². The van der Waals surface area contributed by atoms with E-state index in [9.17, 15) is 0 Å². The summed E-state index contributed by atoms with van der Waals surface area (Å²) in [4.78, 5) is 12.7. The Bertz CT molecular complexity index is 463. The van der Waals surface area contributed by atoms with Gasteiger partial charge in [-0.2, -0.15) is 4.98 Å². The van der Waals surface area contributed by atoms with E-state index in [1.807, 2.05) is 25.5 Å². The Morgan fingerprint density at radius 2 is 2.21 bits per heavy atom. The lowest BCUT2D eigenvalue weighted by Gasteiger charge is -2.03. The van der Waals surface area contributed by atoms with Crippen molar-refractivity contribution in [1.82, 2.24) is 19.5 Å². The van der Waals surface area contributed by atoms with Gasteiger partial charge in [0.1, 0.15) is 5.82 Å². The molecule has 14 heavy (non-hydrogen) atoms. The van der Waals surface area contributed by atoms with E-state index in [-0.39, 0.29) is 0 Å². The predicted octanol–water partition coefficient (Wildman–Crippen LogP) is 1.07. The monoisotopic (exact) mass is 192 g/mol. The minimum Gasteiger partial charge on any atom is -0.476 e. The zero-order valence-corrected chi connectivity index (χ0v) is 8.48. The quantitative estimate of drug-likeness (QED) is 0.714. The summed E-state index contributed by atoms with van der Waals surface area (Å²) < 4.78 is 7.24. The van der Waals surface area contributed by atoms with Gasteiger partial charge in [0, 0.05) is 7.05 Å². The number of hydrogen-bond donors (Lipinski definition) is 0. The first-order chi connectivity index (χ1) is 6.72. The molecule has 0 aliphatic rings. The third-order valence-corrected chi connectivity index (χ3v) is 1.92. The molecule has 0 amide bonds.